The molecule has 7 nitrogen and oxygen atoms in total. The first-order valence-electron chi connectivity index (χ1n) is 7.20. The molecule has 1 amide bonds. The van der Waals surface area contributed by atoms with Crippen LogP contribution < -0.4 is 10.4 Å². The van der Waals surface area contributed by atoms with Crippen LogP contribution in [0.3, 0.4) is 0 Å². The molecular formula is C16H13BN4O3S. The Kier molecular flexibility index (Phi) is 4.43. The predicted octanol–water partition coefficient (Wildman–Crippen LogP) is 1.000. The van der Waals surface area contributed by atoms with E-state index in [0.29, 0.717) is 11.4 Å². The molecule has 0 atom stereocenters. The van der Waals surface area contributed by atoms with Crippen LogP contribution in [0.5, 0.6) is 0 Å². The molecule has 0 aliphatic heterocycles. The number of hydrogen-bond donors (Lipinski definition) is 2. The number of hydrogen-bond acceptors (Lipinski definition) is 4. The van der Waals surface area contributed by atoms with Crippen molar-refractivity contribution in [2.75, 3.05) is 0 Å². The highest BCUT2D eigenvalue weighted by atomic mass is 32.2. The van der Waals surface area contributed by atoms with E-state index in [9.17, 15) is 13.2 Å². The summed E-state index contributed by atoms with van der Waals surface area (Å²) in [7, 11) is 1.39. The van der Waals surface area contributed by atoms with Gasteiger partial charge in [0, 0.05) is 5.56 Å². The van der Waals surface area contributed by atoms with Crippen LogP contribution in [-0.4, -0.2) is 32.1 Å². The molecule has 2 radical (unpaired) electrons. The lowest BCUT2D eigenvalue weighted by Gasteiger charge is -2.08. The first-order valence-corrected chi connectivity index (χ1v) is 8.74. The Bertz CT molecular complexity index is 1020. The van der Waals surface area contributed by atoms with Gasteiger partial charge in [-0.25, -0.2) is 18.2 Å². The Hall–Kier alpha value is -2.91. The van der Waals surface area contributed by atoms with Crippen LogP contribution in [0.1, 0.15) is 10.5 Å². The molecule has 25 heavy (non-hydrogen) atoms. The van der Waals surface area contributed by atoms with Crippen molar-refractivity contribution in [3.05, 3.63) is 66.4 Å². The number of nitrogens with zero attached hydrogens (tertiary/aromatic N) is 2. The first-order chi connectivity index (χ1) is 11.9. The third-order valence-electron chi connectivity index (χ3n) is 3.55. The van der Waals surface area contributed by atoms with E-state index < -0.39 is 15.9 Å². The second-order valence-corrected chi connectivity index (χ2v) is 6.77. The Labute approximate surface area is 146 Å². The van der Waals surface area contributed by atoms with E-state index in [1.165, 1.54) is 16.8 Å². The van der Waals surface area contributed by atoms with E-state index in [1.54, 1.807) is 18.2 Å². The fourth-order valence-corrected chi connectivity index (χ4v) is 2.87. The zero-order chi connectivity index (χ0) is 18.0. The molecule has 0 fully saturated rings. The maximum Gasteiger partial charge on any atom is 0.259 e. The highest BCUT2D eigenvalue weighted by Crippen LogP contribution is 2.24. The average molecular weight is 352 g/mol. The van der Waals surface area contributed by atoms with Gasteiger partial charge < -0.3 is 5.23 Å². The number of carbonyl (C=O) groups is 1. The van der Waals surface area contributed by atoms with E-state index in [1.807, 2.05) is 35.6 Å². The summed E-state index contributed by atoms with van der Waals surface area (Å²) in [6, 6.07) is 16.8. The van der Waals surface area contributed by atoms with E-state index in [4.69, 9.17) is 13.1 Å². The van der Waals surface area contributed by atoms with Crippen molar-refractivity contribution in [2.45, 2.75) is 4.90 Å². The van der Waals surface area contributed by atoms with Gasteiger partial charge in [0.2, 0.25) is 18.0 Å². The summed E-state index contributed by atoms with van der Waals surface area (Å²) in [5, 5.41) is 11.4. The van der Waals surface area contributed by atoms with E-state index in [-0.39, 0.29) is 10.6 Å². The highest BCUT2D eigenvalue weighted by Gasteiger charge is 2.16. The normalized spacial score (nSPS) is 11.2. The number of sulfonamides is 1. The maximum atomic E-state index is 11.8. The van der Waals surface area contributed by atoms with Crippen molar-refractivity contribution in [2.24, 2.45) is 5.14 Å². The summed E-state index contributed by atoms with van der Waals surface area (Å²) in [4.78, 5) is 11.8. The van der Waals surface area contributed by atoms with Crippen molar-refractivity contribution in [3.63, 3.8) is 0 Å². The summed E-state index contributed by atoms with van der Waals surface area (Å²) in [5.41, 5.74) is 2.20. The quantitative estimate of drug-likeness (QED) is 0.683. The maximum absolute atomic E-state index is 11.8. The fourth-order valence-electron chi connectivity index (χ4n) is 2.35. The molecule has 2 aromatic carbocycles. The second-order valence-electron chi connectivity index (χ2n) is 5.21. The van der Waals surface area contributed by atoms with Gasteiger partial charge in [0.1, 0.15) is 5.69 Å². The SMILES string of the molecule is [B]NC(=O)c1cc(-c2ccccc2)n(-c2ccc(S(N)(=O)=O)cc2)n1. The second kappa shape index (κ2) is 6.54. The van der Waals surface area contributed by atoms with Gasteiger partial charge in [0.25, 0.3) is 5.91 Å². The fraction of sp³-hybridized carbons (Fsp3) is 0. The van der Waals surface area contributed by atoms with Crippen LogP contribution in [0, 0.1) is 0 Å². The third kappa shape index (κ3) is 3.47. The minimum absolute atomic E-state index is 0.00964. The summed E-state index contributed by atoms with van der Waals surface area (Å²) in [6.45, 7) is 0. The number of nitrogens with one attached hydrogen (secondary N) is 1. The number of carbonyl (C=O) groups excluding carboxylic acids is 1. The van der Waals surface area contributed by atoms with Gasteiger partial charge in [-0.05, 0) is 30.3 Å². The van der Waals surface area contributed by atoms with Gasteiger partial charge in [0.15, 0.2) is 0 Å². The Morgan fingerprint density at radius 2 is 1.72 bits per heavy atom. The summed E-state index contributed by atoms with van der Waals surface area (Å²) >= 11 is 0. The minimum Gasteiger partial charge on any atom is -0.404 e. The standard InChI is InChI=1S/C16H13BN4O3S/c17-19-16(22)14-10-15(11-4-2-1-3-5-11)21(20-14)12-6-8-13(9-7-12)25(18,23)24/h1-10H,(H,19,22)(H2,18,23,24). The third-order valence-corrected chi connectivity index (χ3v) is 4.48. The molecule has 0 saturated heterocycles. The number of amides is 1. The number of rotatable bonds is 4. The molecule has 0 bridgehead atoms. The largest absolute Gasteiger partial charge is 0.404 e. The van der Waals surface area contributed by atoms with Crippen LogP contribution in [0.4, 0.5) is 0 Å². The van der Waals surface area contributed by atoms with Crippen LogP contribution in [0.15, 0.2) is 65.6 Å². The molecule has 124 valence electrons. The predicted molar refractivity (Wildman–Crippen MR) is 93.6 cm³/mol. The molecule has 9 heteroatoms. The lowest BCUT2D eigenvalue weighted by Crippen LogP contribution is -2.20. The van der Waals surface area contributed by atoms with E-state index in [0.717, 1.165) is 5.56 Å². The zero-order valence-electron chi connectivity index (χ0n) is 13.0. The zero-order valence-corrected chi connectivity index (χ0v) is 13.8. The lowest BCUT2D eigenvalue weighted by molar-refractivity contribution is 0.0976. The van der Waals surface area contributed by atoms with E-state index in [2.05, 4.69) is 5.10 Å². The van der Waals surface area contributed by atoms with Crippen molar-refractivity contribution < 1.29 is 13.2 Å². The molecule has 1 aromatic heterocycles. The van der Waals surface area contributed by atoms with Crippen molar-refractivity contribution in [1.29, 1.82) is 0 Å². The van der Waals surface area contributed by atoms with Gasteiger partial charge in [-0.1, -0.05) is 30.3 Å². The topological polar surface area (TPSA) is 107 Å². The molecule has 0 spiro atoms. The first kappa shape index (κ1) is 16.9. The Morgan fingerprint density at radius 1 is 1.08 bits per heavy atom. The van der Waals surface area contributed by atoms with Gasteiger partial charge in [-0.2, -0.15) is 5.10 Å². The Balaban J connectivity index is 2.14. The van der Waals surface area contributed by atoms with Gasteiger partial charge in [-0.15, -0.1) is 0 Å². The summed E-state index contributed by atoms with van der Waals surface area (Å²) in [6.07, 6.45) is 0. The number of aromatic nitrogens is 2. The van der Waals surface area contributed by atoms with Crippen LogP contribution >= 0.6 is 0 Å². The van der Waals surface area contributed by atoms with E-state index >= 15 is 0 Å². The smallest absolute Gasteiger partial charge is 0.259 e. The highest BCUT2D eigenvalue weighted by molar-refractivity contribution is 7.89. The lowest BCUT2D eigenvalue weighted by atomic mass is 10.1. The van der Waals surface area contributed by atoms with Gasteiger partial charge >= 0.3 is 0 Å². The minimum atomic E-state index is -3.79. The Morgan fingerprint density at radius 3 is 2.28 bits per heavy atom. The molecule has 3 rings (SSSR count). The monoisotopic (exact) mass is 352 g/mol. The molecule has 0 aliphatic carbocycles. The van der Waals surface area contributed by atoms with Crippen molar-refractivity contribution in [3.8, 4) is 16.9 Å². The summed E-state index contributed by atoms with van der Waals surface area (Å²) < 4.78 is 24.3. The number of nitrogens with two attached hydrogens (primary N) is 1. The van der Waals surface area contributed by atoms with Crippen LogP contribution in [0.25, 0.3) is 16.9 Å². The molecule has 0 unspecified atom stereocenters. The van der Waals surface area contributed by atoms with Crippen LogP contribution in [-0.2, 0) is 10.0 Å². The summed E-state index contributed by atoms with van der Waals surface area (Å²) in [5.74, 6) is -0.530. The van der Waals surface area contributed by atoms with Crippen molar-refractivity contribution >= 4 is 23.9 Å². The van der Waals surface area contributed by atoms with Gasteiger partial charge in [-0.3, -0.25) is 4.79 Å². The van der Waals surface area contributed by atoms with Crippen LogP contribution in [0.2, 0.25) is 0 Å². The average Bonchev–Trinajstić information content (AvgIpc) is 3.06. The molecule has 3 N–H and O–H groups in total. The number of primary sulfonamides is 1. The number of benzene rings is 2. The molecular weight excluding hydrogens is 339 g/mol. The molecule has 0 saturated carbocycles. The van der Waals surface area contributed by atoms with Gasteiger partial charge in [0.05, 0.1) is 16.3 Å². The van der Waals surface area contributed by atoms with Crippen molar-refractivity contribution in [1.82, 2.24) is 15.0 Å². The molecule has 1 heterocycles. The molecule has 0 aliphatic rings. The molecule has 3 aromatic rings.